The Bertz CT molecular complexity index is 221. The van der Waals surface area contributed by atoms with Gasteiger partial charge in [0.2, 0.25) is 0 Å². The molecule has 0 aromatic carbocycles. The summed E-state index contributed by atoms with van der Waals surface area (Å²) in [6, 6.07) is 4.27. The van der Waals surface area contributed by atoms with E-state index in [9.17, 15) is 0 Å². The highest BCUT2D eigenvalue weighted by Crippen LogP contribution is 1.94. The van der Waals surface area contributed by atoms with Gasteiger partial charge in [0.25, 0.3) is 0 Å². The van der Waals surface area contributed by atoms with Crippen molar-refractivity contribution in [1.29, 1.82) is 0 Å². The van der Waals surface area contributed by atoms with E-state index in [0.717, 1.165) is 19.5 Å². The fourth-order valence-corrected chi connectivity index (χ4v) is 1.11. The number of aromatic nitrogens is 1. The smallest absolute Gasteiger partial charge is 0.0300 e. The Morgan fingerprint density at radius 1 is 1.62 bits per heavy atom. The normalized spacial score (nSPS) is 12.8. The predicted molar refractivity (Wildman–Crippen MR) is 54.5 cm³/mol. The van der Waals surface area contributed by atoms with E-state index in [1.807, 2.05) is 19.2 Å². The average molecular weight is 179 g/mol. The fourth-order valence-electron chi connectivity index (χ4n) is 1.11. The topological polar surface area (TPSA) is 50.9 Å². The van der Waals surface area contributed by atoms with Crippen molar-refractivity contribution >= 4 is 0 Å². The van der Waals surface area contributed by atoms with Gasteiger partial charge in [-0.15, -0.1) is 0 Å². The van der Waals surface area contributed by atoms with Gasteiger partial charge >= 0.3 is 0 Å². The molecule has 3 N–H and O–H groups in total. The maximum absolute atomic E-state index is 5.60. The van der Waals surface area contributed by atoms with Crippen LogP contribution in [0.5, 0.6) is 0 Å². The van der Waals surface area contributed by atoms with Crippen LogP contribution in [0, 0.1) is 0 Å². The first-order chi connectivity index (χ1) is 6.29. The molecule has 0 aliphatic heterocycles. The number of rotatable bonds is 5. The molecule has 1 aromatic heterocycles. The third-order valence-corrected chi connectivity index (χ3v) is 1.78. The van der Waals surface area contributed by atoms with Crippen molar-refractivity contribution in [2.45, 2.75) is 19.4 Å². The molecule has 0 spiro atoms. The van der Waals surface area contributed by atoms with Crippen molar-refractivity contribution in [3.8, 4) is 0 Å². The van der Waals surface area contributed by atoms with Crippen LogP contribution in [0.3, 0.4) is 0 Å². The van der Waals surface area contributed by atoms with Crippen LogP contribution in [0.15, 0.2) is 24.5 Å². The van der Waals surface area contributed by atoms with E-state index in [1.165, 1.54) is 5.56 Å². The number of nitrogens with two attached hydrogens (primary N) is 1. The second-order valence-electron chi connectivity index (χ2n) is 3.29. The van der Waals surface area contributed by atoms with Gasteiger partial charge in [-0.2, -0.15) is 0 Å². The molecule has 0 saturated carbocycles. The second kappa shape index (κ2) is 5.67. The van der Waals surface area contributed by atoms with E-state index in [4.69, 9.17) is 5.73 Å². The highest BCUT2D eigenvalue weighted by atomic mass is 14.9. The summed E-state index contributed by atoms with van der Waals surface area (Å²) in [6.07, 6.45) is 4.70. The minimum absolute atomic E-state index is 0.230. The molecular formula is C10H17N3. The second-order valence-corrected chi connectivity index (χ2v) is 3.29. The van der Waals surface area contributed by atoms with Gasteiger partial charge < -0.3 is 11.1 Å². The molecule has 0 saturated heterocycles. The van der Waals surface area contributed by atoms with Gasteiger partial charge in [0, 0.05) is 25.0 Å². The lowest BCUT2D eigenvalue weighted by atomic mass is 10.2. The summed E-state index contributed by atoms with van der Waals surface area (Å²) in [5.74, 6) is 0. The van der Waals surface area contributed by atoms with Crippen molar-refractivity contribution in [2.24, 2.45) is 5.73 Å². The maximum atomic E-state index is 5.60. The summed E-state index contributed by atoms with van der Waals surface area (Å²) in [5.41, 5.74) is 6.86. The van der Waals surface area contributed by atoms with E-state index in [0.29, 0.717) is 0 Å². The summed E-state index contributed by atoms with van der Waals surface area (Å²) in [5, 5.41) is 3.28. The third-order valence-electron chi connectivity index (χ3n) is 1.78. The molecular weight excluding hydrogens is 162 g/mol. The molecule has 3 heteroatoms. The van der Waals surface area contributed by atoms with E-state index in [1.54, 1.807) is 6.20 Å². The first-order valence-electron chi connectivity index (χ1n) is 4.64. The molecule has 0 amide bonds. The van der Waals surface area contributed by atoms with Crippen LogP contribution >= 0.6 is 0 Å². The molecule has 1 atom stereocenters. The Hall–Kier alpha value is -0.930. The fraction of sp³-hybridized carbons (Fsp3) is 0.500. The van der Waals surface area contributed by atoms with Crippen molar-refractivity contribution in [3.05, 3.63) is 30.1 Å². The molecule has 0 bridgehead atoms. The van der Waals surface area contributed by atoms with Gasteiger partial charge in [0.05, 0.1) is 0 Å². The van der Waals surface area contributed by atoms with E-state index in [2.05, 4.69) is 16.4 Å². The van der Waals surface area contributed by atoms with Crippen molar-refractivity contribution in [3.63, 3.8) is 0 Å². The zero-order valence-electron chi connectivity index (χ0n) is 8.03. The van der Waals surface area contributed by atoms with E-state index < -0.39 is 0 Å². The highest BCUT2D eigenvalue weighted by Gasteiger charge is 1.94. The molecule has 72 valence electrons. The van der Waals surface area contributed by atoms with Gasteiger partial charge in [0.15, 0.2) is 0 Å². The Kier molecular flexibility index (Phi) is 4.43. The minimum Gasteiger partial charge on any atom is -0.327 e. The van der Waals surface area contributed by atoms with Crippen molar-refractivity contribution in [2.75, 3.05) is 13.1 Å². The largest absolute Gasteiger partial charge is 0.327 e. The summed E-state index contributed by atoms with van der Waals surface area (Å²) in [7, 11) is 0. The quantitative estimate of drug-likeness (QED) is 0.649. The molecule has 1 unspecified atom stereocenters. The lowest BCUT2D eigenvalue weighted by molar-refractivity contribution is 0.608. The van der Waals surface area contributed by atoms with Crippen LogP contribution < -0.4 is 11.1 Å². The van der Waals surface area contributed by atoms with Gasteiger partial charge in [-0.1, -0.05) is 6.07 Å². The van der Waals surface area contributed by atoms with Crippen LogP contribution in [-0.4, -0.2) is 24.1 Å². The predicted octanol–water partition coefficient (Wildman–Crippen LogP) is 0.561. The molecule has 0 aliphatic rings. The van der Waals surface area contributed by atoms with Crippen LogP contribution in [-0.2, 0) is 6.42 Å². The molecule has 3 nitrogen and oxygen atoms in total. The van der Waals surface area contributed by atoms with E-state index >= 15 is 0 Å². The lowest BCUT2D eigenvalue weighted by Crippen LogP contribution is -2.32. The summed E-state index contributed by atoms with van der Waals surface area (Å²) in [4.78, 5) is 4.05. The van der Waals surface area contributed by atoms with Gasteiger partial charge in [-0.05, 0) is 31.5 Å². The van der Waals surface area contributed by atoms with Crippen LogP contribution in [0.4, 0.5) is 0 Å². The summed E-state index contributed by atoms with van der Waals surface area (Å²) < 4.78 is 0. The molecule has 0 fully saturated rings. The van der Waals surface area contributed by atoms with E-state index in [-0.39, 0.29) is 6.04 Å². The molecule has 1 rings (SSSR count). The zero-order chi connectivity index (χ0) is 9.52. The first-order valence-corrected chi connectivity index (χ1v) is 4.64. The zero-order valence-corrected chi connectivity index (χ0v) is 8.03. The highest BCUT2D eigenvalue weighted by molar-refractivity contribution is 5.08. The Labute approximate surface area is 79.4 Å². The Morgan fingerprint density at radius 3 is 3.08 bits per heavy atom. The average Bonchev–Trinajstić information content (AvgIpc) is 2.14. The van der Waals surface area contributed by atoms with Crippen LogP contribution in [0.1, 0.15) is 12.5 Å². The monoisotopic (exact) mass is 179 g/mol. The number of nitrogens with zero attached hydrogens (tertiary/aromatic N) is 1. The molecule has 13 heavy (non-hydrogen) atoms. The SMILES string of the molecule is CC(N)CNCCc1cccnc1. The Morgan fingerprint density at radius 2 is 2.46 bits per heavy atom. The van der Waals surface area contributed by atoms with Gasteiger partial charge in [-0.25, -0.2) is 0 Å². The number of nitrogens with one attached hydrogen (secondary N) is 1. The number of pyridine rings is 1. The Balaban J connectivity index is 2.13. The van der Waals surface area contributed by atoms with Gasteiger partial charge in [-0.3, -0.25) is 4.98 Å². The standard InChI is InChI=1S/C10H17N3/c1-9(11)7-13-6-4-10-3-2-5-12-8-10/h2-3,5,8-9,13H,4,6-7,11H2,1H3. The van der Waals surface area contributed by atoms with Gasteiger partial charge in [0.1, 0.15) is 0 Å². The first kappa shape index (κ1) is 10.2. The third kappa shape index (κ3) is 4.60. The van der Waals surface area contributed by atoms with Crippen molar-refractivity contribution < 1.29 is 0 Å². The maximum Gasteiger partial charge on any atom is 0.0300 e. The van der Waals surface area contributed by atoms with Crippen LogP contribution in [0.2, 0.25) is 0 Å². The van der Waals surface area contributed by atoms with Crippen molar-refractivity contribution in [1.82, 2.24) is 10.3 Å². The summed E-state index contributed by atoms with van der Waals surface area (Å²) in [6.45, 7) is 3.84. The molecule has 0 aliphatic carbocycles. The number of hydrogen-bond acceptors (Lipinski definition) is 3. The van der Waals surface area contributed by atoms with Crippen LogP contribution in [0.25, 0.3) is 0 Å². The molecule has 0 radical (unpaired) electrons. The molecule has 1 heterocycles. The lowest BCUT2D eigenvalue weighted by Gasteiger charge is -2.06. The summed E-state index contributed by atoms with van der Waals surface area (Å²) >= 11 is 0. The number of hydrogen-bond donors (Lipinski definition) is 2. The minimum atomic E-state index is 0.230. The molecule has 1 aromatic rings.